The molecule has 7 aliphatic carbocycles. The van der Waals surface area contributed by atoms with Crippen molar-refractivity contribution in [3.05, 3.63) is 157 Å². The standard InChI is InChI=1S/C20H24N2OS.C16H26N3O2S.C14H18N2O2S.C12H19N3S.C12H16N2OS.C12H14N2OS.C9H14N2S.BrH/c23-18(13-12-15-8-4-3-5-9-15)17-14-21-20-22(17)16-10-6-1-2-7-11-19(16)24-20;1-4-21-15(20)11-19-13-9-7-5-6-8-10-14(13)22-16(19)17-12-18(2)3;1-2-18-13(17)11-9-15-14-16(11)10-7-5-3-4-6-8-12(10)19-14;1-15(2)9-13-12-14-10-7-5-3-4-6-8-11(10)16-12;2*15-8-9-7-13-12-14(9)10-5-3-1-2-4-6-11(10)16-12;10-9-11-7-5-3-1-2-4-6-8(7)12-9;/h3-5,8-9,14,18,23H,1-2,6-7,10-13H2;12H,4-11H2,1-3H3;9H,2-8H2,1H3;9H,3-8H2,1-2H3;7,15H,1-6,8H2;7-8H,1-6H2;1-6H2,(H2,10,11);1H/q;+1;;;;;;/p-1. The smallest absolute Gasteiger partial charge is 0.384 e. The van der Waals surface area contributed by atoms with Crippen LogP contribution in [0, 0.1) is 0 Å². The number of esters is 2. The fourth-order valence-corrected chi connectivity index (χ4v) is 25.5. The number of carbonyl (C=O) groups excluding carboxylic acids is 3. The van der Waals surface area contributed by atoms with Crippen LogP contribution in [0.1, 0.15) is 318 Å². The largest absolute Gasteiger partial charge is 1.00 e. The van der Waals surface area contributed by atoms with Gasteiger partial charge in [0, 0.05) is 86.7 Å². The zero-order valence-electron chi connectivity index (χ0n) is 74.9. The number of fused-ring (bicyclic) bond motifs is 15. The lowest BCUT2D eigenvalue weighted by Gasteiger charge is -2.14. The van der Waals surface area contributed by atoms with E-state index in [0.717, 1.165) is 130 Å². The molecule has 126 heavy (non-hydrogen) atoms. The predicted molar refractivity (Wildman–Crippen MR) is 514 cm³/mol. The number of nitrogen functional groups attached to an aromatic ring is 1. The fourth-order valence-electron chi connectivity index (χ4n) is 17.6. The maximum absolute atomic E-state index is 12.0. The number of anilines is 1. The molecule has 1 aromatic carbocycles. The van der Waals surface area contributed by atoms with E-state index < -0.39 is 6.10 Å². The summed E-state index contributed by atoms with van der Waals surface area (Å²) in [6.07, 6.45) is 64.7. The molecule has 11 aromatic heterocycles. The maximum Gasteiger partial charge on any atom is 0.384 e. The number of halogens is 1. The summed E-state index contributed by atoms with van der Waals surface area (Å²) < 4.78 is 20.8. The van der Waals surface area contributed by atoms with Crippen LogP contribution in [0.3, 0.4) is 0 Å². The Kier molecular flexibility index (Phi) is 39.2. The van der Waals surface area contributed by atoms with Gasteiger partial charge in [-0.3, -0.25) is 22.4 Å². The van der Waals surface area contributed by atoms with E-state index in [1.807, 2.05) is 86.2 Å². The number of aliphatic hydroxyl groups is 2. The Bertz CT molecular complexity index is 5390. The van der Waals surface area contributed by atoms with Crippen molar-refractivity contribution < 1.29 is 55.6 Å². The molecule has 1 unspecified atom stereocenters. The Balaban J connectivity index is 0.000000135. The van der Waals surface area contributed by atoms with Crippen LogP contribution >= 0.6 is 79.4 Å². The molecule has 0 radical (unpaired) electrons. The van der Waals surface area contributed by atoms with E-state index in [-0.39, 0.29) is 42.1 Å². The molecule has 4 N–H and O–H groups in total. The highest BCUT2D eigenvalue weighted by Gasteiger charge is 2.29. The van der Waals surface area contributed by atoms with E-state index in [1.54, 1.807) is 92.9 Å². The minimum absolute atomic E-state index is 0. The van der Waals surface area contributed by atoms with Gasteiger partial charge in [0.15, 0.2) is 43.5 Å². The number of carbonyl (C=O) groups is 3. The highest BCUT2D eigenvalue weighted by Crippen LogP contribution is 2.38. The lowest BCUT2D eigenvalue weighted by atomic mass is 10.0. The number of aromatic nitrogens is 11. The van der Waals surface area contributed by atoms with Crippen molar-refractivity contribution in [2.24, 2.45) is 9.98 Å². The molecule has 0 saturated heterocycles. The second-order valence-corrected chi connectivity index (χ2v) is 41.4. The molecular weight excluding hydrogens is 1780 g/mol. The number of aliphatic imine (C=N–C) groups is 2. The van der Waals surface area contributed by atoms with Gasteiger partial charge in [0.2, 0.25) is 11.5 Å². The molecule has 12 aromatic rings. The molecule has 11 heterocycles. The average molecular weight is 1910 g/mol. The first kappa shape index (κ1) is 97.6. The molecule has 19 rings (SSSR count). The number of aryl methyl sites for hydroxylation is 14. The van der Waals surface area contributed by atoms with E-state index >= 15 is 0 Å². The number of aldehydes is 1. The van der Waals surface area contributed by atoms with Gasteiger partial charge in [-0.25, -0.2) is 49.1 Å². The molecule has 7 aliphatic rings. The second-order valence-electron chi connectivity index (χ2n) is 33.9. The Labute approximate surface area is 782 Å². The summed E-state index contributed by atoms with van der Waals surface area (Å²) in [7, 11) is 7.85. The molecule has 0 saturated carbocycles. The topological polar surface area (TPSA) is 266 Å². The summed E-state index contributed by atoms with van der Waals surface area (Å²) in [6, 6.07) is 10.4. The molecule has 682 valence electrons. The van der Waals surface area contributed by atoms with Crippen LogP contribution in [0.2, 0.25) is 0 Å². The van der Waals surface area contributed by atoms with E-state index in [2.05, 4.69) is 81.9 Å². The second kappa shape index (κ2) is 50.6. The third-order valence-corrected chi connectivity index (χ3v) is 31.8. The molecule has 0 amide bonds. The lowest BCUT2D eigenvalue weighted by molar-refractivity contribution is -0.676. The van der Waals surface area contributed by atoms with Crippen LogP contribution in [-0.4, -0.2) is 140 Å². The number of rotatable bonds is 15. The van der Waals surface area contributed by atoms with Crippen molar-refractivity contribution in [3.63, 3.8) is 0 Å². The summed E-state index contributed by atoms with van der Waals surface area (Å²) in [5.41, 5.74) is 19.4. The molecular formula is C95H131BrN16O7S7. The Hall–Kier alpha value is -7.46. The highest BCUT2D eigenvalue weighted by atomic mass is 79.9. The fraction of sp³-hybridized carbons (Fsp3) is 0.579. The quantitative estimate of drug-likeness (QED) is 0.0283. The molecule has 23 nitrogen and oxygen atoms in total. The van der Waals surface area contributed by atoms with E-state index in [0.29, 0.717) is 24.6 Å². The number of imidazole rings is 4. The van der Waals surface area contributed by atoms with Gasteiger partial charge in [-0.05, 0) is 222 Å². The van der Waals surface area contributed by atoms with Gasteiger partial charge in [-0.15, -0.1) is 56.7 Å². The number of benzene rings is 1. The summed E-state index contributed by atoms with van der Waals surface area (Å²) in [6.45, 7) is 4.84. The van der Waals surface area contributed by atoms with Crippen molar-refractivity contribution in [1.29, 1.82) is 0 Å². The van der Waals surface area contributed by atoms with Gasteiger partial charge in [-0.2, -0.15) is 0 Å². The van der Waals surface area contributed by atoms with E-state index in [9.17, 15) is 24.6 Å². The van der Waals surface area contributed by atoms with Crippen LogP contribution in [0.5, 0.6) is 0 Å². The molecule has 0 bridgehead atoms. The van der Waals surface area contributed by atoms with E-state index in [1.165, 1.54) is 285 Å². The Morgan fingerprint density at radius 1 is 0.492 bits per heavy atom. The van der Waals surface area contributed by atoms with Crippen molar-refractivity contribution in [3.8, 4) is 0 Å². The molecule has 31 heteroatoms. The average Bonchev–Trinajstić information content (AvgIpc) is 1.62. The minimum atomic E-state index is -0.454. The third-order valence-electron chi connectivity index (χ3n) is 23.9. The number of ether oxygens (including phenoxy) is 2. The summed E-state index contributed by atoms with van der Waals surface area (Å²) in [5, 5.41) is 22.6. The molecule has 0 aliphatic heterocycles. The van der Waals surface area contributed by atoms with Crippen molar-refractivity contribution in [2.45, 2.75) is 316 Å². The zero-order chi connectivity index (χ0) is 87.2. The molecule has 0 fully saturated rings. The summed E-state index contributed by atoms with van der Waals surface area (Å²) >= 11 is 12.3. The first-order valence-corrected chi connectivity index (χ1v) is 52.1. The Morgan fingerprint density at radius 2 is 0.929 bits per heavy atom. The van der Waals surface area contributed by atoms with E-state index in [4.69, 9.17) is 15.2 Å². The normalized spacial score (nSPS) is 16.3. The molecule has 1 atom stereocenters. The van der Waals surface area contributed by atoms with Crippen LogP contribution in [-0.2, 0) is 124 Å². The molecule has 0 spiro atoms. The summed E-state index contributed by atoms with van der Waals surface area (Å²) in [4.78, 5) is 88.4. The van der Waals surface area contributed by atoms with Crippen LogP contribution in [0.15, 0.2) is 65.1 Å². The number of thiazole rings is 7. The van der Waals surface area contributed by atoms with Crippen LogP contribution < -0.4 is 27.3 Å². The number of hydrogen-bond donors (Lipinski definition) is 3. The van der Waals surface area contributed by atoms with Crippen LogP contribution in [0.4, 0.5) is 15.4 Å². The Morgan fingerprint density at radius 3 is 1.47 bits per heavy atom. The van der Waals surface area contributed by atoms with Gasteiger partial charge >= 0.3 is 17.1 Å². The number of hydrogen-bond acceptors (Lipinski definition) is 23. The van der Waals surface area contributed by atoms with Gasteiger partial charge in [0.05, 0.1) is 84.7 Å². The number of nitrogens with two attached hydrogens (primary N) is 1. The first-order chi connectivity index (χ1) is 61.2. The van der Waals surface area contributed by atoms with Gasteiger partial charge in [0.1, 0.15) is 11.4 Å². The SMILES string of the molecule is CCOC(=O)C[n+]1c(N=CN(C)C)sc2c1CCCCCC2.CCOC(=O)c1cnc2sc3c(n12)CCCCCC3.CN(C)C=Nc1nc2c(s1)CCCCCC2.Nc1nc2c(s1)CCCCCC2.O=Cc1cnc2sc3c(n12)CCCCCC3.OC(CCc1ccccc1)c1cnc2sc3c(n12)CCCCCC3.OCc1cnc2sc3c(n12)CCCCCC3.[Br-]. The maximum atomic E-state index is 12.0. The van der Waals surface area contributed by atoms with Crippen molar-refractivity contribution in [1.82, 2.24) is 57.3 Å². The van der Waals surface area contributed by atoms with Crippen molar-refractivity contribution >= 4 is 145 Å². The number of aliphatic hydroxyl groups excluding tert-OH is 2. The first-order valence-electron chi connectivity index (χ1n) is 46.4. The van der Waals surface area contributed by atoms with Gasteiger partial charge < -0.3 is 52.2 Å². The van der Waals surface area contributed by atoms with Gasteiger partial charge in [-0.1, -0.05) is 132 Å². The van der Waals surface area contributed by atoms with Crippen molar-refractivity contribution in [2.75, 3.05) is 47.1 Å². The highest BCUT2D eigenvalue weighted by molar-refractivity contribution is 7.18. The van der Waals surface area contributed by atoms with Gasteiger partial charge in [0.25, 0.3) is 0 Å². The van der Waals surface area contributed by atoms with Crippen LogP contribution in [0.25, 0.3) is 19.8 Å². The number of nitrogens with zero attached hydrogens (tertiary/aromatic N) is 15. The minimum Gasteiger partial charge on any atom is -1.00 e. The zero-order valence-corrected chi connectivity index (χ0v) is 82.2. The summed E-state index contributed by atoms with van der Waals surface area (Å²) in [5.74, 6) is -0.450. The predicted octanol–water partition coefficient (Wildman–Crippen LogP) is 18.3. The lowest BCUT2D eigenvalue weighted by Crippen LogP contribution is -3.00. The third kappa shape index (κ3) is 26.9. The monoisotopic (exact) mass is 1910 g/mol.